The minimum Gasteiger partial charge on any atom is -0.373 e. The maximum atomic E-state index is 5.70. The Hall–Kier alpha value is -0.940. The third-order valence-electron chi connectivity index (χ3n) is 4.90. The average Bonchev–Trinajstić information content (AvgIpc) is 2.84. The van der Waals surface area contributed by atoms with E-state index in [-0.39, 0.29) is 12.1 Å². The van der Waals surface area contributed by atoms with Crippen molar-refractivity contribution in [2.45, 2.75) is 69.9 Å². The predicted molar refractivity (Wildman–Crippen MR) is 79.8 cm³/mol. The van der Waals surface area contributed by atoms with E-state index in [4.69, 9.17) is 9.26 Å². The zero-order valence-corrected chi connectivity index (χ0v) is 13.0. The molecule has 2 unspecified atom stereocenters. The summed E-state index contributed by atoms with van der Waals surface area (Å²) in [6.45, 7) is 1.04. The van der Waals surface area contributed by atoms with Gasteiger partial charge in [0.2, 0.25) is 11.7 Å². The predicted octanol–water partition coefficient (Wildman–Crippen LogP) is 3.54. The Labute approximate surface area is 126 Å². The lowest BCUT2D eigenvalue weighted by Gasteiger charge is -2.26. The molecule has 5 nitrogen and oxygen atoms in total. The number of aromatic nitrogens is 2. The normalized spacial score (nSPS) is 26.4. The van der Waals surface area contributed by atoms with Crippen molar-refractivity contribution in [3.05, 3.63) is 11.7 Å². The molecule has 1 aliphatic heterocycles. The molecule has 0 aromatic carbocycles. The SMILES string of the molecule is COC(c1noc(C2CCCCCN2)n1)C1CCCCC1. The van der Waals surface area contributed by atoms with Gasteiger partial charge in [-0.3, -0.25) is 0 Å². The smallest absolute Gasteiger partial charge is 0.243 e. The summed E-state index contributed by atoms with van der Waals surface area (Å²) in [4.78, 5) is 4.66. The summed E-state index contributed by atoms with van der Waals surface area (Å²) in [5.41, 5.74) is 0. The van der Waals surface area contributed by atoms with E-state index < -0.39 is 0 Å². The lowest BCUT2D eigenvalue weighted by molar-refractivity contribution is 0.0273. The van der Waals surface area contributed by atoms with Crippen LogP contribution in [0.15, 0.2) is 4.52 Å². The van der Waals surface area contributed by atoms with Gasteiger partial charge in [-0.1, -0.05) is 37.3 Å². The van der Waals surface area contributed by atoms with Crippen LogP contribution in [-0.4, -0.2) is 23.8 Å². The largest absolute Gasteiger partial charge is 0.373 e. The molecule has 0 radical (unpaired) electrons. The molecule has 1 saturated carbocycles. The topological polar surface area (TPSA) is 60.2 Å². The zero-order valence-electron chi connectivity index (χ0n) is 13.0. The van der Waals surface area contributed by atoms with Crippen LogP contribution in [0.4, 0.5) is 0 Å². The zero-order chi connectivity index (χ0) is 14.5. The van der Waals surface area contributed by atoms with Gasteiger partial charge in [-0.25, -0.2) is 0 Å². The fourth-order valence-electron chi connectivity index (χ4n) is 3.69. The molecule has 0 bridgehead atoms. The third-order valence-corrected chi connectivity index (χ3v) is 4.90. The first-order valence-electron chi connectivity index (χ1n) is 8.48. The number of methoxy groups -OCH3 is 1. The summed E-state index contributed by atoms with van der Waals surface area (Å²) in [5, 5.41) is 7.73. The third kappa shape index (κ3) is 3.64. The van der Waals surface area contributed by atoms with Crippen LogP contribution in [0.3, 0.4) is 0 Å². The first kappa shape index (κ1) is 15.0. The van der Waals surface area contributed by atoms with Crippen molar-refractivity contribution in [3.8, 4) is 0 Å². The fourth-order valence-corrected chi connectivity index (χ4v) is 3.69. The molecule has 1 N–H and O–H groups in total. The van der Waals surface area contributed by atoms with Crippen molar-refractivity contribution in [3.63, 3.8) is 0 Å². The number of rotatable bonds is 4. The maximum absolute atomic E-state index is 5.70. The van der Waals surface area contributed by atoms with E-state index in [9.17, 15) is 0 Å². The van der Waals surface area contributed by atoms with E-state index in [1.54, 1.807) is 7.11 Å². The number of nitrogens with zero attached hydrogens (tertiary/aromatic N) is 2. The number of nitrogens with one attached hydrogen (secondary N) is 1. The number of hydrogen-bond donors (Lipinski definition) is 1. The molecular formula is C16H27N3O2. The highest BCUT2D eigenvalue weighted by molar-refractivity contribution is 4.98. The monoisotopic (exact) mass is 293 g/mol. The summed E-state index contributed by atoms with van der Waals surface area (Å²) in [5.74, 6) is 2.02. The number of ether oxygens (including phenoxy) is 1. The van der Waals surface area contributed by atoms with E-state index >= 15 is 0 Å². The van der Waals surface area contributed by atoms with Crippen LogP contribution in [0.25, 0.3) is 0 Å². The Balaban J connectivity index is 1.69. The van der Waals surface area contributed by atoms with Crippen molar-refractivity contribution >= 4 is 0 Å². The Kier molecular flexibility index (Phi) is 5.25. The van der Waals surface area contributed by atoms with Gasteiger partial charge < -0.3 is 14.6 Å². The van der Waals surface area contributed by atoms with Crippen molar-refractivity contribution in [2.75, 3.05) is 13.7 Å². The van der Waals surface area contributed by atoms with Gasteiger partial charge in [-0.15, -0.1) is 0 Å². The van der Waals surface area contributed by atoms with Gasteiger partial charge in [0.05, 0.1) is 6.04 Å². The van der Waals surface area contributed by atoms with Crippen LogP contribution in [0, 0.1) is 5.92 Å². The maximum Gasteiger partial charge on any atom is 0.243 e. The molecule has 1 aliphatic carbocycles. The van der Waals surface area contributed by atoms with Crippen LogP contribution < -0.4 is 5.32 Å². The molecule has 2 atom stereocenters. The fraction of sp³-hybridized carbons (Fsp3) is 0.875. The Morgan fingerprint density at radius 3 is 2.67 bits per heavy atom. The van der Waals surface area contributed by atoms with Crippen molar-refractivity contribution in [1.29, 1.82) is 0 Å². The van der Waals surface area contributed by atoms with Gasteiger partial charge in [-0.2, -0.15) is 4.98 Å². The van der Waals surface area contributed by atoms with Crippen LogP contribution in [0.2, 0.25) is 0 Å². The highest BCUT2D eigenvalue weighted by Crippen LogP contribution is 2.35. The summed E-state index contributed by atoms with van der Waals surface area (Å²) in [7, 11) is 1.76. The second-order valence-corrected chi connectivity index (χ2v) is 6.40. The molecule has 1 saturated heterocycles. The Morgan fingerprint density at radius 1 is 1.10 bits per heavy atom. The van der Waals surface area contributed by atoms with E-state index in [1.807, 2.05) is 0 Å². The van der Waals surface area contributed by atoms with Crippen LogP contribution in [0.5, 0.6) is 0 Å². The molecule has 0 amide bonds. The molecule has 0 spiro atoms. The minimum absolute atomic E-state index is 0.00595. The van der Waals surface area contributed by atoms with Gasteiger partial charge in [0, 0.05) is 7.11 Å². The van der Waals surface area contributed by atoms with Crippen molar-refractivity contribution in [2.24, 2.45) is 5.92 Å². The lowest BCUT2D eigenvalue weighted by Crippen LogP contribution is -2.21. The van der Waals surface area contributed by atoms with Crippen molar-refractivity contribution < 1.29 is 9.26 Å². The molecule has 3 rings (SSSR count). The van der Waals surface area contributed by atoms with E-state index in [0.29, 0.717) is 5.92 Å². The molecule has 118 valence electrons. The highest BCUT2D eigenvalue weighted by Gasteiger charge is 2.30. The molecule has 2 heterocycles. The molecule has 2 fully saturated rings. The molecule has 2 aliphatic rings. The Bertz CT molecular complexity index is 421. The van der Waals surface area contributed by atoms with Gasteiger partial charge >= 0.3 is 0 Å². The number of hydrogen-bond acceptors (Lipinski definition) is 5. The summed E-state index contributed by atoms with van der Waals surface area (Å²) >= 11 is 0. The summed E-state index contributed by atoms with van der Waals surface area (Å²) in [6.07, 6.45) is 11.2. The molecule has 5 heteroatoms. The van der Waals surface area contributed by atoms with Gasteiger partial charge in [-0.05, 0) is 38.1 Å². The first-order chi connectivity index (χ1) is 10.4. The second-order valence-electron chi connectivity index (χ2n) is 6.40. The second kappa shape index (κ2) is 7.36. The van der Waals surface area contributed by atoms with E-state index in [2.05, 4.69) is 15.5 Å². The molecule has 21 heavy (non-hydrogen) atoms. The van der Waals surface area contributed by atoms with Crippen LogP contribution in [-0.2, 0) is 4.74 Å². The Morgan fingerprint density at radius 2 is 1.86 bits per heavy atom. The first-order valence-corrected chi connectivity index (χ1v) is 8.48. The van der Waals surface area contributed by atoms with Crippen LogP contribution >= 0.6 is 0 Å². The van der Waals surface area contributed by atoms with E-state index in [1.165, 1.54) is 51.4 Å². The quantitative estimate of drug-likeness (QED) is 0.920. The van der Waals surface area contributed by atoms with Crippen LogP contribution in [0.1, 0.15) is 81.6 Å². The highest BCUT2D eigenvalue weighted by atomic mass is 16.5. The standard InChI is InChI=1S/C16H27N3O2/c1-20-14(12-8-4-2-5-9-12)15-18-16(21-19-15)13-10-6-3-7-11-17-13/h12-14,17H,2-11H2,1H3. The van der Waals surface area contributed by atoms with Gasteiger partial charge in [0.25, 0.3) is 0 Å². The molecule has 1 aromatic heterocycles. The average molecular weight is 293 g/mol. The summed E-state index contributed by atoms with van der Waals surface area (Å²) < 4.78 is 11.2. The van der Waals surface area contributed by atoms with E-state index in [0.717, 1.165) is 24.7 Å². The van der Waals surface area contributed by atoms with Gasteiger partial charge in [0.1, 0.15) is 6.10 Å². The van der Waals surface area contributed by atoms with Gasteiger partial charge in [0.15, 0.2) is 0 Å². The summed E-state index contributed by atoms with van der Waals surface area (Å²) in [6, 6.07) is 0.220. The molecular weight excluding hydrogens is 266 g/mol. The molecule has 1 aromatic rings. The minimum atomic E-state index is -0.00595. The lowest BCUT2D eigenvalue weighted by atomic mass is 9.85. The van der Waals surface area contributed by atoms with Crippen molar-refractivity contribution in [1.82, 2.24) is 15.5 Å².